The molecule has 4 rings (SSSR count). The summed E-state index contributed by atoms with van der Waals surface area (Å²) in [6.45, 7) is 4.06. The van der Waals surface area contributed by atoms with E-state index in [4.69, 9.17) is 21.7 Å². The van der Waals surface area contributed by atoms with Crippen molar-refractivity contribution in [1.29, 1.82) is 0 Å². The van der Waals surface area contributed by atoms with Gasteiger partial charge in [0.1, 0.15) is 0 Å². The molecular weight excluding hydrogens is 358 g/mol. The average Bonchev–Trinajstić information content (AvgIpc) is 3.39. The zero-order valence-corrected chi connectivity index (χ0v) is 16.1. The number of rotatable bonds is 6. The zero-order valence-electron chi connectivity index (χ0n) is 15.3. The molecule has 2 aliphatic heterocycles. The van der Waals surface area contributed by atoms with Crippen LogP contribution in [0.4, 0.5) is 0 Å². The van der Waals surface area contributed by atoms with Crippen molar-refractivity contribution in [3.05, 3.63) is 59.7 Å². The second-order valence-corrected chi connectivity index (χ2v) is 7.33. The van der Waals surface area contributed by atoms with E-state index in [1.165, 1.54) is 18.4 Å². The number of fused-ring (bicyclic) bond motifs is 1. The summed E-state index contributed by atoms with van der Waals surface area (Å²) in [5, 5.41) is 7.37. The average molecular weight is 384 g/mol. The molecule has 1 fully saturated rings. The van der Waals surface area contributed by atoms with Crippen molar-refractivity contribution in [3.63, 3.8) is 0 Å². The third-order valence-corrected chi connectivity index (χ3v) is 5.40. The zero-order chi connectivity index (χ0) is 18.5. The van der Waals surface area contributed by atoms with Gasteiger partial charge >= 0.3 is 0 Å². The number of nitrogens with zero attached hydrogens (tertiary/aromatic N) is 1. The van der Waals surface area contributed by atoms with Gasteiger partial charge < -0.3 is 20.1 Å². The topological polar surface area (TPSA) is 45.8 Å². The standard InChI is InChI=1S/C21H25N3O2S/c27-21(22-13-16-8-9-19-20(12-16)26-15-25-19)23-14-18(24-10-4-5-11-24)17-6-2-1-3-7-17/h1-3,6-9,12,18H,4-5,10-11,13-15H2,(H2,22,23,27)/t18-/m1/s1. The van der Waals surface area contributed by atoms with Crippen LogP contribution in [-0.2, 0) is 6.54 Å². The number of nitrogens with one attached hydrogen (secondary N) is 2. The van der Waals surface area contributed by atoms with Crippen LogP contribution in [0.5, 0.6) is 11.5 Å². The summed E-state index contributed by atoms with van der Waals surface area (Å²) in [5.74, 6) is 1.60. The van der Waals surface area contributed by atoms with E-state index in [9.17, 15) is 0 Å². The highest BCUT2D eigenvalue weighted by Crippen LogP contribution is 2.32. The van der Waals surface area contributed by atoms with Crippen molar-refractivity contribution in [1.82, 2.24) is 15.5 Å². The number of benzene rings is 2. The molecule has 27 heavy (non-hydrogen) atoms. The van der Waals surface area contributed by atoms with Crippen molar-refractivity contribution in [2.24, 2.45) is 0 Å². The maximum absolute atomic E-state index is 5.50. The van der Waals surface area contributed by atoms with Crippen LogP contribution >= 0.6 is 12.2 Å². The van der Waals surface area contributed by atoms with Crippen molar-refractivity contribution < 1.29 is 9.47 Å². The molecule has 1 atom stereocenters. The summed E-state index contributed by atoms with van der Waals surface area (Å²) in [6, 6.07) is 17.0. The van der Waals surface area contributed by atoms with Gasteiger partial charge in [-0.2, -0.15) is 0 Å². The van der Waals surface area contributed by atoms with Gasteiger partial charge in [-0.3, -0.25) is 4.90 Å². The summed E-state index contributed by atoms with van der Waals surface area (Å²) in [7, 11) is 0. The first-order valence-corrected chi connectivity index (χ1v) is 9.89. The molecule has 5 nitrogen and oxygen atoms in total. The molecule has 1 saturated heterocycles. The number of hydrogen-bond donors (Lipinski definition) is 2. The Hall–Kier alpha value is -2.31. The maximum Gasteiger partial charge on any atom is 0.231 e. The first-order chi connectivity index (χ1) is 13.3. The lowest BCUT2D eigenvalue weighted by Gasteiger charge is -2.28. The SMILES string of the molecule is S=C(NCc1ccc2c(c1)OCO2)NC[C@H](c1ccccc1)N1CCCC1. The second-order valence-electron chi connectivity index (χ2n) is 6.92. The molecule has 0 radical (unpaired) electrons. The third kappa shape index (κ3) is 4.51. The Morgan fingerprint density at radius 1 is 1.00 bits per heavy atom. The van der Waals surface area contributed by atoms with Crippen LogP contribution in [0, 0.1) is 0 Å². The monoisotopic (exact) mass is 383 g/mol. The minimum Gasteiger partial charge on any atom is -0.454 e. The number of likely N-dealkylation sites (tertiary alicyclic amines) is 1. The van der Waals surface area contributed by atoms with E-state index < -0.39 is 0 Å². The highest BCUT2D eigenvalue weighted by atomic mass is 32.1. The van der Waals surface area contributed by atoms with Gasteiger partial charge in [-0.25, -0.2) is 0 Å². The highest BCUT2D eigenvalue weighted by molar-refractivity contribution is 7.80. The van der Waals surface area contributed by atoms with Crippen LogP contribution in [0.2, 0.25) is 0 Å². The molecule has 0 spiro atoms. The Morgan fingerprint density at radius 2 is 1.78 bits per heavy atom. The van der Waals surface area contributed by atoms with E-state index in [1.807, 2.05) is 18.2 Å². The second kappa shape index (κ2) is 8.59. The van der Waals surface area contributed by atoms with E-state index in [0.717, 1.165) is 36.7 Å². The van der Waals surface area contributed by atoms with Crippen molar-refractivity contribution in [2.45, 2.75) is 25.4 Å². The smallest absolute Gasteiger partial charge is 0.231 e. The van der Waals surface area contributed by atoms with Gasteiger partial charge in [0.15, 0.2) is 16.6 Å². The Labute approximate surface area is 165 Å². The number of ether oxygens (including phenoxy) is 2. The van der Waals surface area contributed by atoms with Gasteiger partial charge in [0.25, 0.3) is 0 Å². The quantitative estimate of drug-likeness (QED) is 0.747. The van der Waals surface area contributed by atoms with Gasteiger partial charge in [-0.1, -0.05) is 36.4 Å². The fourth-order valence-corrected chi connectivity index (χ4v) is 3.83. The first kappa shape index (κ1) is 18.1. The molecular formula is C21H25N3O2S. The van der Waals surface area contributed by atoms with Crippen LogP contribution in [0.15, 0.2) is 48.5 Å². The Kier molecular flexibility index (Phi) is 5.75. The summed E-state index contributed by atoms with van der Waals surface area (Å²) in [5.41, 5.74) is 2.45. The van der Waals surface area contributed by atoms with Gasteiger partial charge in [0.2, 0.25) is 6.79 Å². The molecule has 0 amide bonds. The molecule has 2 aromatic rings. The Morgan fingerprint density at radius 3 is 2.59 bits per heavy atom. The van der Waals surface area contributed by atoms with Gasteiger partial charge in [0, 0.05) is 13.1 Å². The summed E-state index contributed by atoms with van der Waals surface area (Å²) < 4.78 is 10.8. The largest absolute Gasteiger partial charge is 0.454 e. The summed E-state index contributed by atoms with van der Waals surface area (Å²) in [6.07, 6.45) is 2.55. The van der Waals surface area contributed by atoms with E-state index in [1.54, 1.807) is 0 Å². The number of thiocarbonyl (C=S) groups is 1. The molecule has 0 aliphatic carbocycles. The Balaban J connectivity index is 1.31. The van der Waals surface area contributed by atoms with E-state index in [0.29, 0.717) is 24.5 Å². The van der Waals surface area contributed by atoms with Gasteiger partial charge in [0.05, 0.1) is 6.04 Å². The summed E-state index contributed by atoms with van der Waals surface area (Å²) >= 11 is 5.50. The van der Waals surface area contributed by atoms with Crippen LogP contribution < -0.4 is 20.1 Å². The molecule has 0 saturated carbocycles. The predicted molar refractivity (Wildman–Crippen MR) is 110 cm³/mol. The van der Waals surface area contributed by atoms with Crippen molar-refractivity contribution in [3.8, 4) is 11.5 Å². The van der Waals surface area contributed by atoms with E-state index in [-0.39, 0.29) is 0 Å². The third-order valence-electron chi connectivity index (χ3n) is 5.11. The van der Waals surface area contributed by atoms with E-state index in [2.05, 4.69) is 45.9 Å². The van der Waals surface area contributed by atoms with Crippen LogP contribution in [0.3, 0.4) is 0 Å². The molecule has 0 bridgehead atoms. The molecule has 6 heteroatoms. The lowest BCUT2D eigenvalue weighted by molar-refractivity contribution is 0.174. The molecule has 142 valence electrons. The van der Waals surface area contributed by atoms with E-state index >= 15 is 0 Å². The van der Waals surface area contributed by atoms with Crippen molar-refractivity contribution >= 4 is 17.3 Å². The first-order valence-electron chi connectivity index (χ1n) is 9.49. The molecule has 0 aromatic heterocycles. The van der Waals surface area contributed by atoms with Crippen LogP contribution in [-0.4, -0.2) is 36.4 Å². The lowest BCUT2D eigenvalue weighted by Crippen LogP contribution is -2.41. The molecule has 2 aliphatic rings. The van der Waals surface area contributed by atoms with Crippen LogP contribution in [0.25, 0.3) is 0 Å². The molecule has 2 N–H and O–H groups in total. The lowest BCUT2D eigenvalue weighted by atomic mass is 10.1. The fourth-order valence-electron chi connectivity index (χ4n) is 3.67. The fraction of sp³-hybridized carbons (Fsp3) is 0.381. The van der Waals surface area contributed by atoms with Crippen molar-refractivity contribution in [2.75, 3.05) is 26.4 Å². The summed E-state index contributed by atoms with van der Waals surface area (Å²) in [4.78, 5) is 2.54. The normalized spacial score (nSPS) is 16.9. The minimum absolute atomic E-state index is 0.295. The molecule has 2 heterocycles. The van der Waals surface area contributed by atoms with Gasteiger partial charge in [-0.15, -0.1) is 0 Å². The van der Waals surface area contributed by atoms with Gasteiger partial charge in [-0.05, 0) is 61.4 Å². The molecule has 2 aromatic carbocycles. The van der Waals surface area contributed by atoms with Crippen LogP contribution in [0.1, 0.15) is 30.0 Å². The molecule has 0 unspecified atom stereocenters. The highest BCUT2D eigenvalue weighted by Gasteiger charge is 2.23. The number of hydrogen-bond acceptors (Lipinski definition) is 4. The minimum atomic E-state index is 0.295. The maximum atomic E-state index is 5.50. The Bertz CT molecular complexity index is 778. The predicted octanol–water partition coefficient (Wildman–Crippen LogP) is 3.22.